The Morgan fingerprint density at radius 2 is 1.08 bits per heavy atom. The molecule has 4 heteroatoms. The molecule has 0 saturated carbocycles. The standard InChI is InChI=1S/C12H26Si.C10H21.C8H17.C4H9ISi.Zn/c1-5-7-8-9-10-11-12-13(3,4)6-2;1-4-6-7-8-9-10(3)5-2;1-3-5-7-8-6-4-2;1-4-6(2,3)5;/h6H,2,5,7-12H2,1,3-4H3;5,10H,4,6-9H2,1-3H3;1,3-8H2,2H3;4H,1H2,2-3H3;/q;2*-1;;+2. The summed E-state index contributed by atoms with van der Waals surface area (Å²) in [6.07, 6.45) is 25.8. The molecule has 0 aromatic heterocycles. The van der Waals surface area contributed by atoms with Crippen LogP contribution in [0.3, 0.4) is 0 Å². The molecule has 0 amide bonds. The number of rotatable bonds is 20. The number of hydrogen-bond acceptors (Lipinski definition) is 0. The average molecular weight is 730 g/mol. The summed E-state index contributed by atoms with van der Waals surface area (Å²) in [5.74, 6) is 0.830. The molecule has 226 valence electrons. The third kappa shape index (κ3) is 57.2. The number of unbranched alkanes of at least 4 members (excludes halogenated alkanes) is 13. The zero-order chi connectivity index (χ0) is 29.4. The van der Waals surface area contributed by atoms with E-state index in [0.717, 1.165) is 12.3 Å². The molecule has 0 aliphatic heterocycles. The molecule has 1 unspecified atom stereocenters. The molecule has 0 N–H and O–H groups in total. The Hall–Kier alpha value is 1.27. The summed E-state index contributed by atoms with van der Waals surface area (Å²) >= 11 is 2.46. The van der Waals surface area contributed by atoms with E-state index in [4.69, 9.17) is 0 Å². The maximum atomic E-state index is 3.92. The van der Waals surface area contributed by atoms with E-state index in [1.165, 1.54) is 109 Å². The van der Waals surface area contributed by atoms with E-state index in [-0.39, 0.29) is 19.5 Å². The van der Waals surface area contributed by atoms with Gasteiger partial charge in [0.05, 0.1) is 8.07 Å². The zero-order valence-corrected chi connectivity index (χ0v) is 35.4. The van der Waals surface area contributed by atoms with E-state index >= 15 is 0 Å². The van der Waals surface area contributed by atoms with Crippen molar-refractivity contribution in [3.8, 4) is 0 Å². The van der Waals surface area contributed by atoms with Crippen molar-refractivity contribution in [2.24, 2.45) is 5.92 Å². The molecule has 0 rings (SSSR count). The van der Waals surface area contributed by atoms with Gasteiger partial charge in [-0.25, -0.2) is 0 Å². The Balaban J connectivity index is -0.000000131. The van der Waals surface area contributed by atoms with Crippen molar-refractivity contribution in [3.05, 3.63) is 37.9 Å². The number of hydrogen-bond donors (Lipinski definition) is 0. The molecule has 0 spiro atoms. The Labute approximate surface area is 272 Å². The predicted octanol–water partition coefficient (Wildman–Crippen LogP) is 14.1. The Morgan fingerprint density at radius 1 is 0.711 bits per heavy atom. The van der Waals surface area contributed by atoms with Crippen LogP contribution in [-0.2, 0) is 19.5 Å². The van der Waals surface area contributed by atoms with Gasteiger partial charge in [0.2, 0.25) is 0 Å². The van der Waals surface area contributed by atoms with Gasteiger partial charge in [-0.15, -0.1) is 40.7 Å². The predicted molar refractivity (Wildman–Crippen MR) is 194 cm³/mol. The van der Waals surface area contributed by atoms with Gasteiger partial charge in [0, 0.05) is 0 Å². The third-order valence-corrected chi connectivity index (χ3v) is 11.7. The van der Waals surface area contributed by atoms with Gasteiger partial charge in [0.25, 0.3) is 0 Å². The van der Waals surface area contributed by atoms with Crippen LogP contribution in [-0.4, -0.2) is 13.6 Å². The monoisotopic (exact) mass is 728 g/mol. The van der Waals surface area contributed by atoms with Crippen molar-refractivity contribution in [2.75, 3.05) is 0 Å². The Kier molecular flexibility index (Phi) is 49.3. The van der Waals surface area contributed by atoms with Crippen LogP contribution in [0.4, 0.5) is 0 Å². The van der Waals surface area contributed by atoms with Crippen molar-refractivity contribution < 1.29 is 19.5 Å². The van der Waals surface area contributed by atoms with Gasteiger partial charge in [-0.05, 0) is 0 Å². The SMILES string of the molecule is C=C[Si](C)(C)CCCCCCCC.C=C[Si](C)(C)I.C[CH-]C(C)CCCCCC.[CH2-]CCCCCCC.[Zn+2]. The molecule has 0 aromatic carbocycles. The van der Waals surface area contributed by atoms with E-state index in [9.17, 15) is 0 Å². The first kappa shape index (κ1) is 49.0. The topological polar surface area (TPSA) is 0 Å². The van der Waals surface area contributed by atoms with Crippen molar-refractivity contribution in [1.29, 1.82) is 0 Å². The molecular formula is C34H73ISi2Zn. The van der Waals surface area contributed by atoms with Crippen molar-refractivity contribution in [2.45, 2.75) is 176 Å². The second-order valence-corrected chi connectivity index (χ2v) is 28.7. The maximum Gasteiger partial charge on any atom is 2.00 e. The average Bonchev–Trinajstić information content (AvgIpc) is 2.87. The summed E-state index contributed by atoms with van der Waals surface area (Å²) in [6, 6.07) is 1.43. The van der Waals surface area contributed by atoms with Crippen LogP contribution in [0.2, 0.25) is 32.2 Å². The van der Waals surface area contributed by atoms with Crippen LogP contribution in [0, 0.1) is 19.3 Å². The van der Waals surface area contributed by atoms with Crippen LogP contribution < -0.4 is 0 Å². The third-order valence-electron chi connectivity index (χ3n) is 6.65. The summed E-state index contributed by atoms with van der Waals surface area (Å²) in [5.41, 5.74) is 3.39. The minimum Gasteiger partial charge on any atom is -0.343 e. The van der Waals surface area contributed by atoms with Crippen LogP contribution in [0.5, 0.6) is 0 Å². The normalized spacial score (nSPS) is 11.3. The molecule has 0 radical (unpaired) electrons. The smallest absolute Gasteiger partial charge is 0.343 e. The van der Waals surface area contributed by atoms with Crippen molar-refractivity contribution in [3.63, 3.8) is 0 Å². The first-order valence-corrected chi connectivity index (χ1v) is 25.4. The van der Waals surface area contributed by atoms with Crippen molar-refractivity contribution >= 4 is 35.4 Å². The summed E-state index contributed by atoms with van der Waals surface area (Å²) in [5, 5.41) is 0. The summed E-state index contributed by atoms with van der Waals surface area (Å²) in [4.78, 5) is 0. The van der Waals surface area contributed by atoms with Crippen LogP contribution in [0.25, 0.3) is 0 Å². The first-order chi connectivity index (χ1) is 17.4. The molecule has 0 aliphatic carbocycles. The van der Waals surface area contributed by atoms with Gasteiger partial charge in [-0.2, -0.15) is 19.3 Å². The summed E-state index contributed by atoms with van der Waals surface area (Å²) < 4.78 is 0. The molecule has 0 aromatic rings. The molecule has 0 nitrogen and oxygen atoms in total. The molecule has 0 heterocycles. The van der Waals surface area contributed by atoms with Crippen molar-refractivity contribution in [1.82, 2.24) is 0 Å². The fourth-order valence-electron chi connectivity index (χ4n) is 3.30. The molecule has 0 saturated heterocycles. The molecular weight excluding hydrogens is 657 g/mol. The van der Waals surface area contributed by atoms with E-state index in [2.05, 4.69) is 121 Å². The van der Waals surface area contributed by atoms with Crippen LogP contribution in [0.1, 0.15) is 144 Å². The van der Waals surface area contributed by atoms with Gasteiger partial charge >= 0.3 is 19.5 Å². The number of halogens is 1. The van der Waals surface area contributed by atoms with Gasteiger partial charge in [-0.1, -0.05) is 168 Å². The van der Waals surface area contributed by atoms with E-state index in [0.29, 0.717) is 0 Å². The van der Waals surface area contributed by atoms with Crippen LogP contribution in [0.15, 0.2) is 24.6 Å². The molecule has 0 fully saturated rings. The first-order valence-electron chi connectivity index (χ1n) is 16.0. The second kappa shape index (κ2) is 38.3. The van der Waals surface area contributed by atoms with Gasteiger partial charge in [0.1, 0.15) is 5.57 Å². The fourth-order valence-corrected chi connectivity index (χ4v) is 4.67. The van der Waals surface area contributed by atoms with E-state index < -0.39 is 13.6 Å². The molecule has 0 aliphatic rings. The minimum absolute atomic E-state index is 0. The van der Waals surface area contributed by atoms with Gasteiger partial charge in [-0.3, -0.25) is 0 Å². The Morgan fingerprint density at radius 3 is 1.42 bits per heavy atom. The molecule has 1 atom stereocenters. The van der Waals surface area contributed by atoms with Gasteiger partial charge in [0.15, 0.2) is 0 Å². The quantitative estimate of drug-likeness (QED) is 0.0385. The zero-order valence-electron chi connectivity index (χ0n) is 28.2. The summed E-state index contributed by atoms with van der Waals surface area (Å²) in [6.45, 7) is 31.9. The second-order valence-electron chi connectivity index (χ2n) is 11.9. The molecule has 0 bridgehead atoms. The molecule has 38 heavy (non-hydrogen) atoms. The maximum absolute atomic E-state index is 3.92. The largest absolute Gasteiger partial charge is 2.00 e. The van der Waals surface area contributed by atoms with E-state index in [1.54, 1.807) is 0 Å². The Bertz CT molecular complexity index is 427. The van der Waals surface area contributed by atoms with Crippen LogP contribution >= 0.6 is 21.8 Å². The minimum atomic E-state index is -0.982. The van der Waals surface area contributed by atoms with E-state index in [1.807, 2.05) is 0 Å². The fraction of sp³-hybridized carbons (Fsp3) is 0.824. The van der Waals surface area contributed by atoms with Gasteiger partial charge < -0.3 is 13.3 Å². The summed E-state index contributed by atoms with van der Waals surface area (Å²) in [7, 11) is -0.982.